The van der Waals surface area contributed by atoms with Crippen LogP contribution in [-0.4, -0.2) is 23.5 Å². The van der Waals surface area contributed by atoms with E-state index in [1.165, 1.54) is 6.92 Å². The maximum atomic E-state index is 11.4. The fourth-order valence-corrected chi connectivity index (χ4v) is 1.12. The maximum Gasteiger partial charge on any atom is 0.408 e. The third-order valence-corrected chi connectivity index (χ3v) is 1.76. The van der Waals surface area contributed by atoms with Crippen LogP contribution in [0.2, 0.25) is 0 Å². The molecule has 0 saturated carbocycles. The van der Waals surface area contributed by atoms with Crippen LogP contribution in [0, 0.1) is 0 Å². The van der Waals surface area contributed by atoms with E-state index in [-0.39, 0.29) is 5.78 Å². The lowest BCUT2D eigenvalue weighted by molar-refractivity contribution is -0.119. The highest BCUT2D eigenvalue weighted by atomic mass is 16.6. The van der Waals surface area contributed by atoms with Crippen molar-refractivity contribution in [2.75, 3.05) is 0 Å². The molecule has 15 heavy (non-hydrogen) atoms. The Kier molecular flexibility index (Phi) is 5.33. The average molecular weight is 215 g/mol. The Morgan fingerprint density at radius 2 is 1.87 bits per heavy atom. The molecule has 1 unspecified atom stereocenters. The molecule has 1 atom stereocenters. The first-order valence-electron chi connectivity index (χ1n) is 5.26. The van der Waals surface area contributed by atoms with E-state index in [1.54, 1.807) is 20.8 Å². The molecule has 0 bridgehead atoms. The minimum absolute atomic E-state index is 0.0392. The van der Waals surface area contributed by atoms with Gasteiger partial charge in [-0.2, -0.15) is 0 Å². The van der Waals surface area contributed by atoms with Gasteiger partial charge in [-0.05, 0) is 34.1 Å². The molecule has 88 valence electrons. The van der Waals surface area contributed by atoms with Crippen molar-refractivity contribution in [3.8, 4) is 0 Å². The van der Waals surface area contributed by atoms with Crippen LogP contribution in [0.1, 0.15) is 47.5 Å². The molecule has 0 rings (SSSR count). The van der Waals surface area contributed by atoms with E-state index in [2.05, 4.69) is 5.32 Å². The summed E-state index contributed by atoms with van der Waals surface area (Å²) in [5.41, 5.74) is -0.530. The number of amides is 1. The van der Waals surface area contributed by atoms with Gasteiger partial charge in [0.05, 0.1) is 6.04 Å². The first-order chi connectivity index (χ1) is 6.76. The number of alkyl carbamates (subject to hydrolysis) is 1. The molecule has 1 amide bonds. The second-order valence-corrected chi connectivity index (χ2v) is 4.60. The molecule has 0 aromatic carbocycles. The van der Waals surface area contributed by atoms with Crippen LogP contribution < -0.4 is 5.32 Å². The summed E-state index contributed by atoms with van der Waals surface area (Å²) in [6, 6.07) is -0.426. The van der Waals surface area contributed by atoms with Gasteiger partial charge in [0, 0.05) is 0 Å². The molecule has 1 N–H and O–H groups in total. The van der Waals surface area contributed by atoms with Gasteiger partial charge in [-0.15, -0.1) is 0 Å². The number of rotatable bonds is 4. The Bertz CT molecular complexity index is 230. The summed E-state index contributed by atoms with van der Waals surface area (Å²) in [6.45, 7) is 8.80. The molecule has 0 aliphatic rings. The summed E-state index contributed by atoms with van der Waals surface area (Å²) >= 11 is 0. The number of carbonyl (C=O) groups excluding carboxylic acids is 2. The highest BCUT2D eigenvalue weighted by Crippen LogP contribution is 2.07. The molecule has 4 nitrogen and oxygen atoms in total. The van der Waals surface area contributed by atoms with Gasteiger partial charge in [-0.3, -0.25) is 4.79 Å². The quantitative estimate of drug-likeness (QED) is 0.782. The fraction of sp³-hybridized carbons (Fsp3) is 0.818. The molecule has 0 radical (unpaired) electrons. The van der Waals surface area contributed by atoms with Gasteiger partial charge in [0.1, 0.15) is 5.60 Å². The minimum Gasteiger partial charge on any atom is -0.444 e. The van der Waals surface area contributed by atoms with Gasteiger partial charge in [0.25, 0.3) is 0 Å². The highest BCUT2D eigenvalue weighted by molar-refractivity contribution is 5.85. The van der Waals surface area contributed by atoms with Crippen molar-refractivity contribution in [1.82, 2.24) is 5.32 Å². The monoisotopic (exact) mass is 215 g/mol. The number of ether oxygens (including phenoxy) is 1. The SMILES string of the molecule is CCCC(NC(=O)OC(C)(C)C)C(C)=O. The average Bonchev–Trinajstić information content (AvgIpc) is 1.99. The van der Waals surface area contributed by atoms with Gasteiger partial charge < -0.3 is 10.1 Å². The second-order valence-electron chi connectivity index (χ2n) is 4.60. The first kappa shape index (κ1) is 13.9. The lowest BCUT2D eigenvalue weighted by atomic mass is 10.1. The molecule has 0 spiro atoms. The molecular formula is C11H21NO3. The lowest BCUT2D eigenvalue weighted by Gasteiger charge is -2.22. The number of Topliss-reactive ketones (excluding diaryl/α,β-unsaturated/α-hetero) is 1. The molecule has 0 aliphatic heterocycles. The van der Waals surface area contributed by atoms with Crippen molar-refractivity contribution in [1.29, 1.82) is 0 Å². The smallest absolute Gasteiger partial charge is 0.408 e. The van der Waals surface area contributed by atoms with Crippen LogP contribution in [0.5, 0.6) is 0 Å². The molecular weight excluding hydrogens is 194 g/mol. The van der Waals surface area contributed by atoms with Crippen LogP contribution in [0.15, 0.2) is 0 Å². The van der Waals surface area contributed by atoms with Crippen LogP contribution in [0.4, 0.5) is 4.79 Å². The summed E-state index contributed by atoms with van der Waals surface area (Å²) in [5, 5.41) is 2.56. The van der Waals surface area contributed by atoms with Gasteiger partial charge >= 0.3 is 6.09 Å². The number of ketones is 1. The Hall–Kier alpha value is -1.06. The van der Waals surface area contributed by atoms with Gasteiger partial charge in [-0.1, -0.05) is 13.3 Å². The van der Waals surface area contributed by atoms with Gasteiger partial charge in [0.15, 0.2) is 5.78 Å². The Balaban J connectivity index is 4.18. The number of carbonyl (C=O) groups is 2. The first-order valence-corrected chi connectivity index (χ1v) is 5.26. The van der Waals surface area contributed by atoms with E-state index in [1.807, 2.05) is 6.92 Å². The van der Waals surface area contributed by atoms with Crippen LogP contribution in [-0.2, 0) is 9.53 Å². The summed E-state index contributed by atoms with van der Waals surface area (Å²) in [4.78, 5) is 22.5. The topological polar surface area (TPSA) is 55.4 Å². The molecule has 4 heteroatoms. The predicted octanol–water partition coefficient (Wildman–Crippen LogP) is 2.27. The molecule has 0 aliphatic carbocycles. The Labute approximate surface area is 91.4 Å². The number of hydrogen-bond acceptors (Lipinski definition) is 3. The van der Waals surface area contributed by atoms with Crippen molar-refractivity contribution in [3.63, 3.8) is 0 Å². The van der Waals surface area contributed by atoms with E-state index in [0.717, 1.165) is 6.42 Å². The van der Waals surface area contributed by atoms with Gasteiger partial charge in [-0.25, -0.2) is 4.79 Å². The van der Waals surface area contributed by atoms with E-state index in [4.69, 9.17) is 4.74 Å². The third-order valence-electron chi connectivity index (χ3n) is 1.76. The zero-order valence-corrected chi connectivity index (χ0v) is 10.2. The Morgan fingerprint density at radius 1 is 1.33 bits per heavy atom. The lowest BCUT2D eigenvalue weighted by Crippen LogP contribution is -2.42. The van der Waals surface area contributed by atoms with Crippen LogP contribution >= 0.6 is 0 Å². The zero-order chi connectivity index (χ0) is 12.1. The number of nitrogens with one attached hydrogen (secondary N) is 1. The Morgan fingerprint density at radius 3 is 2.20 bits per heavy atom. The third kappa shape index (κ3) is 6.94. The van der Waals surface area contributed by atoms with E-state index < -0.39 is 17.7 Å². The van der Waals surface area contributed by atoms with E-state index in [9.17, 15) is 9.59 Å². The summed E-state index contributed by atoms with van der Waals surface area (Å²) in [5.74, 6) is -0.0392. The van der Waals surface area contributed by atoms with Crippen LogP contribution in [0.25, 0.3) is 0 Å². The number of hydrogen-bond donors (Lipinski definition) is 1. The van der Waals surface area contributed by atoms with Crippen molar-refractivity contribution < 1.29 is 14.3 Å². The fourth-order valence-electron chi connectivity index (χ4n) is 1.12. The predicted molar refractivity (Wildman–Crippen MR) is 58.7 cm³/mol. The zero-order valence-electron chi connectivity index (χ0n) is 10.2. The van der Waals surface area contributed by atoms with Gasteiger partial charge in [0.2, 0.25) is 0 Å². The molecule has 0 fully saturated rings. The standard InChI is InChI=1S/C11H21NO3/c1-6-7-9(8(2)13)12-10(14)15-11(3,4)5/h9H,6-7H2,1-5H3,(H,12,14). The highest BCUT2D eigenvalue weighted by Gasteiger charge is 2.21. The molecule has 0 heterocycles. The van der Waals surface area contributed by atoms with Crippen molar-refractivity contribution >= 4 is 11.9 Å². The van der Waals surface area contributed by atoms with E-state index >= 15 is 0 Å². The summed E-state index contributed by atoms with van der Waals surface area (Å²) < 4.78 is 5.06. The van der Waals surface area contributed by atoms with Crippen molar-refractivity contribution in [2.45, 2.75) is 59.1 Å². The molecule has 0 saturated heterocycles. The second kappa shape index (κ2) is 5.73. The van der Waals surface area contributed by atoms with Crippen LogP contribution in [0.3, 0.4) is 0 Å². The molecule has 0 aromatic rings. The van der Waals surface area contributed by atoms with E-state index in [0.29, 0.717) is 6.42 Å². The maximum absolute atomic E-state index is 11.4. The van der Waals surface area contributed by atoms with Crippen molar-refractivity contribution in [3.05, 3.63) is 0 Å². The largest absolute Gasteiger partial charge is 0.444 e. The summed E-state index contributed by atoms with van der Waals surface area (Å²) in [7, 11) is 0. The minimum atomic E-state index is -0.531. The molecule has 0 aromatic heterocycles. The normalized spacial score (nSPS) is 13.1. The van der Waals surface area contributed by atoms with Crippen molar-refractivity contribution in [2.24, 2.45) is 0 Å². The summed E-state index contributed by atoms with van der Waals surface area (Å²) in [6.07, 6.45) is 0.963.